The predicted octanol–water partition coefficient (Wildman–Crippen LogP) is 1.86. The highest BCUT2D eigenvalue weighted by Crippen LogP contribution is 2.30. The van der Waals surface area contributed by atoms with Gasteiger partial charge in [-0.25, -0.2) is 0 Å². The van der Waals surface area contributed by atoms with Gasteiger partial charge in [-0.15, -0.1) is 0 Å². The molecule has 0 spiro atoms. The lowest BCUT2D eigenvalue weighted by molar-refractivity contribution is -0.229. The van der Waals surface area contributed by atoms with Crippen LogP contribution in [0.5, 0.6) is 0 Å². The first-order valence-corrected chi connectivity index (χ1v) is 10.3. The monoisotopic (exact) mass is 334 g/mol. The van der Waals surface area contributed by atoms with Gasteiger partial charge in [0.25, 0.3) is 0 Å². The maximum absolute atomic E-state index is 12.2. The fourth-order valence-electron chi connectivity index (χ4n) is 1.11. The summed E-state index contributed by atoms with van der Waals surface area (Å²) in [7, 11) is -6.25. The Labute approximate surface area is 118 Å². The maximum atomic E-state index is 12.2. The standard InChI is InChI=1S/C10H20F3NO4SSi/c1-9(2,6-7-20(4,5)18-3)8(15)14-19(16,17)10(11,12)13/h6-7H2,1-5H3,(H,14,15)/p-1. The van der Waals surface area contributed by atoms with Crippen molar-refractivity contribution in [2.45, 2.75) is 44.9 Å². The molecule has 120 valence electrons. The van der Waals surface area contributed by atoms with Crippen LogP contribution in [0.2, 0.25) is 19.1 Å². The van der Waals surface area contributed by atoms with Crippen molar-refractivity contribution in [3.63, 3.8) is 0 Å². The lowest BCUT2D eigenvalue weighted by atomic mass is 9.90. The van der Waals surface area contributed by atoms with E-state index in [-0.39, 0.29) is 6.42 Å². The maximum Gasteiger partial charge on any atom is 0.518 e. The van der Waals surface area contributed by atoms with E-state index in [4.69, 9.17) is 4.43 Å². The van der Waals surface area contributed by atoms with E-state index >= 15 is 0 Å². The van der Waals surface area contributed by atoms with E-state index in [1.54, 1.807) is 0 Å². The van der Waals surface area contributed by atoms with E-state index in [0.29, 0.717) is 6.04 Å². The molecule has 0 aliphatic rings. The van der Waals surface area contributed by atoms with Gasteiger partial charge >= 0.3 is 15.5 Å². The van der Waals surface area contributed by atoms with Crippen LogP contribution in [0, 0.1) is 5.41 Å². The molecule has 0 N–H and O–H groups in total. The molecule has 0 radical (unpaired) electrons. The van der Waals surface area contributed by atoms with Crippen molar-refractivity contribution in [3.05, 3.63) is 0 Å². The van der Waals surface area contributed by atoms with E-state index in [1.807, 2.05) is 13.1 Å². The average Bonchev–Trinajstić information content (AvgIpc) is 2.24. The number of sulfonamides is 1. The Bertz CT molecular complexity index is 471. The third-order valence-electron chi connectivity index (χ3n) is 2.98. The molecule has 0 aromatic rings. The Morgan fingerprint density at radius 1 is 1.30 bits per heavy atom. The van der Waals surface area contributed by atoms with Crippen molar-refractivity contribution in [2.75, 3.05) is 7.11 Å². The second-order valence-corrected chi connectivity index (χ2v) is 11.7. The molecule has 0 rings (SSSR count). The van der Waals surface area contributed by atoms with Gasteiger partial charge in [0.1, 0.15) is 0 Å². The molecule has 0 aromatic carbocycles. The third-order valence-corrected chi connectivity index (χ3v) is 6.53. The third kappa shape index (κ3) is 5.41. The Morgan fingerprint density at radius 2 is 1.75 bits per heavy atom. The zero-order valence-corrected chi connectivity index (χ0v) is 13.9. The molecule has 0 aliphatic carbocycles. The molecule has 0 saturated carbocycles. The van der Waals surface area contributed by atoms with Gasteiger partial charge in [0.05, 0.1) is 0 Å². The number of alkyl halides is 3. The van der Waals surface area contributed by atoms with E-state index < -0.39 is 35.2 Å². The van der Waals surface area contributed by atoms with Crippen LogP contribution < -0.4 is 5.11 Å². The minimum atomic E-state index is -5.78. The van der Waals surface area contributed by atoms with E-state index in [1.165, 1.54) is 21.0 Å². The molecule has 5 nitrogen and oxygen atoms in total. The van der Waals surface area contributed by atoms with E-state index in [2.05, 4.69) is 4.40 Å². The highest BCUT2D eigenvalue weighted by atomic mass is 32.2. The molecule has 0 aliphatic heterocycles. The lowest BCUT2D eigenvalue weighted by Gasteiger charge is -2.33. The molecule has 0 fully saturated rings. The predicted molar refractivity (Wildman–Crippen MR) is 70.1 cm³/mol. The van der Waals surface area contributed by atoms with Crippen molar-refractivity contribution in [2.24, 2.45) is 9.81 Å². The topological polar surface area (TPSA) is 78.8 Å². The minimum absolute atomic E-state index is 0.204. The molecule has 0 atom stereocenters. The van der Waals surface area contributed by atoms with Crippen molar-refractivity contribution in [3.8, 4) is 0 Å². The molecule has 0 heterocycles. The first-order chi connectivity index (χ1) is 8.65. The van der Waals surface area contributed by atoms with Crippen molar-refractivity contribution in [1.29, 1.82) is 0 Å². The van der Waals surface area contributed by atoms with Crippen LogP contribution >= 0.6 is 0 Å². The summed E-state index contributed by atoms with van der Waals surface area (Å²) in [6.45, 7) is 6.50. The lowest BCUT2D eigenvalue weighted by Crippen LogP contribution is -2.39. The van der Waals surface area contributed by atoms with Gasteiger partial charge in [-0.3, -0.25) is 0 Å². The molecule has 0 saturated heterocycles. The van der Waals surface area contributed by atoms with E-state index in [9.17, 15) is 26.7 Å². The van der Waals surface area contributed by atoms with Crippen LogP contribution in [-0.4, -0.2) is 35.3 Å². The Morgan fingerprint density at radius 3 is 2.10 bits per heavy atom. The molecule has 0 unspecified atom stereocenters. The van der Waals surface area contributed by atoms with Crippen molar-refractivity contribution in [1.82, 2.24) is 0 Å². The number of hydrogen-bond acceptors (Lipinski definition) is 4. The molecule has 10 heteroatoms. The van der Waals surface area contributed by atoms with Gasteiger partial charge in [-0.2, -0.15) is 26.0 Å². The Hall–Kier alpha value is -0.613. The zero-order valence-electron chi connectivity index (χ0n) is 12.0. The van der Waals surface area contributed by atoms with Crippen LogP contribution in [0.25, 0.3) is 0 Å². The summed E-state index contributed by atoms with van der Waals surface area (Å²) < 4.78 is 65.8. The zero-order chi connectivity index (χ0) is 16.4. The van der Waals surface area contributed by atoms with Crippen LogP contribution in [0.3, 0.4) is 0 Å². The summed E-state index contributed by atoms with van der Waals surface area (Å²) in [5.41, 5.74) is -6.85. The van der Waals surface area contributed by atoms with Gasteiger partial charge < -0.3 is 9.53 Å². The normalized spacial score (nSPS) is 15.5. The summed E-state index contributed by atoms with van der Waals surface area (Å²) in [6, 6.07) is 0.504. The number of rotatable bonds is 6. The highest BCUT2D eigenvalue weighted by molar-refractivity contribution is 7.91. The average molecular weight is 334 g/mol. The summed E-state index contributed by atoms with van der Waals surface area (Å²) >= 11 is 0. The molecule has 0 bridgehead atoms. The smallest absolute Gasteiger partial charge is 0.518 e. The van der Waals surface area contributed by atoms with Crippen LogP contribution in [0.4, 0.5) is 13.2 Å². The van der Waals surface area contributed by atoms with Crippen molar-refractivity contribution < 1.29 is 31.1 Å². The summed E-state index contributed by atoms with van der Waals surface area (Å²) in [5, 5.41) is 11.7. The Balaban J connectivity index is 5.14. The fourth-order valence-corrected chi connectivity index (χ4v) is 3.11. The Kier molecular flexibility index (Phi) is 5.84. The summed E-state index contributed by atoms with van der Waals surface area (Å²) in [6.07, 6.45) is 0.204. The first kappa shape index (κ1) is 19.4. The molecule has 0 aromatic heterocycles. The minimum Gasteiger partial charge on any atom is -0.861 e. The van der Waals surface area contributed by atoms with Gasteiger partial charge in [-0.05, 0) is 36.9 Å². The van der Waals surface area contributed by atoms with Crippen LogP contribution in [-0.2, 0) is 14.4 Å². The number of halogens is 3. The van der Waals surface area contributed by atoms with Crippen molar-refractivity contribution >= 4 is 24.2 Å². The first-order valence-electron chi connectivity index (χ1n) is 5.78. The molecule has 20 heavy (non-hydrogen) atoms. The molecule has 0 amide bonds. The second kappa shape index (κ2) is 6.02. The van der Waals surface area contributed by atoms with Gasteiger partial charge in [0.2, 0.25) is 0 Å². The van der Waals surface area contributed by atoms with E-state index in [0.717, 1.165) is 0 Å². The molecular formula is C10H19F3NO4SSi-. The molecular weight excluding hydrogens is 315 g/mol. The summed E-state index contributed by atoms with van der Waals surface area (Å²) in [4.78, 5) is 0. The SMILES string of the molecule is CO[Si](C)(C)CCC(C)(C)/C([O-])=N\S(=O)(=O)C(F)(F)F. The summed E-state index contributed by atoms with van der Waals surface area (Å²) in [5.74, 6) is -1.30. The van der Waals surface area contributed by atoms with Crippen LogP contribution in [0.1, 0.15) is 20.3 Å². The van der Waals surface area contributed by atoms with Gasteiger partial charge in [0.15, 0.2) is 8.32 Å². The van der Waals surface area contributed by atoms with Gasteiger partial charge in [-0.1, -0.05) is 13.8 Å². The highest BCUT2D eigenvalue weighted by Gasteiger charge is 2.46. The number of nitrogens with zero attached hydrogens (tertiary/aromatic N) is 1. The fraction of sp³-hybridized carbons (Fsp3) is 0.900. The second-order valence-electron chi connectivity index (χ2n) is 5.66. The number of hydrogen-bond donors (Lipinski definition) is 0. The van der Waals surface area contributed by atoms with Gasteiger partial charge in [0, 0.05) is 7.11 Å². The quantitative estimate of drug-likeness (QED) is 0.422. The largest absolute Gasteiger partial charge is 0.861 e. The van der Waals surface area contributed by atoms with Crippen LogP contribution in [0.15, 0.2) is 4.40 Å².